The van der Waals surface area contributed by atoms with E-state index < -0.39 is 17.8 Å². The lowest BCUT2D eigenvalue weighted by molar-refractivity contribution is -0.122. The molecule has 136 valence electrons. The van der Waals surface area contributed by atoms with Gasteiger partial charge in [-0.15, -0.1) is 0 Å². The van der Waals surface area contributed by atoms with Gasteiger partial charge in [0.05, 0.1) is 11.3 Å². The second kappa shape index (κ2) is 8.09. The third kappa shape index (κ3) is 5.01. The van der Waals surface area contributed by atoms with Crippen molar-refractivity contribution in [2.45, 2.75) is 39.7 Å². The summed E-state index contributed by atoms with van der Waals surface area (Å²) < 4.78 is 13.6. The molecule has 0 radical (unpaired) electrons. The highest BCUT2D eigenvalue weighted by Gasteiger charge is 2.39. The molecule has 0 aliphatic heterocycles. The summed E-state index contributed by atoms with van der Waals surface area (Å²) >= 11 is 0. The summed E-state index contributed by atoms with van der Waals surface area (Å²) in [7, 11) is 0. The molecule has 6 nitrogen and oxygen atoms in total. The summed E-state index contributed by atoms with van der Waals surface area (Å²) in [5, 5.41) is 7.89. The number of amides is 3. The standard InChI is InChI=1S/C18H24FN3O3/c1-4-7-20-16(23)11(3)21-18(25)14-9-12(19)5-6-15(14)22-17(24)13-8-10(13)2/h5-6,9-11,13H,4,7-8H2,1-3H3,(H,20,23)(H,21,25)(H,22,24)/t10-,11+,13-/m1/s1. The number of hydrogen-bond donors (Lipinski definition) is 3. The summed E-state index contributed by atoms with van der Waals surface area (Å²) in [6.07, 6.45) is 1.59. The Hall–Kier alpha value is -2.44. The van der Waals surface area contributed by atoms with Crippen LogP contribution in [-0.2, 0) is 9.59 Å². The van der Waals surface area contributed by atoms with Crippen molar-refractivity contribution in [3.8, 4) is 0 Å². The van der Waals surface area contributed by atoms with Crippen molar-refractivity contribution in [2.24, 2.45) is 11.8 Å². The number of carbonyl (C=O) groups is 3. The van der Waals surface area contributed by atoms with Gasteiger partial charge >= 0.3 is 0 Å². The first kappa shape index (κ1) is 18.9. The molecule has 1 aromatic carbocycles. The number of anilines is 1. The van der Waals surface area contributed by atoms with Gasteiger partial charge in [0.1, 0.15) is 11.9 Å². The van der Waals surface area contributed by atoms with E-state index in [4.69, 9.17) is 0 Å². The van der Waals surface area contributed by atoms with Gasteiger partial charge in [0, 0.05) is 12.5 Å². The van der Waals surface area contributed by atoms with E-state index in [9.17, 15) is 18.8 Å². The summed E-state index contributed by atoms with van der Waals surface area (Å²) in [5.74, 6) is -1.45. The summed E-state index contributed by atoms with van der Waals surface area (Å²) in [6.45, 7) is 5.96. The van der Waals surface area contributed by atoms with Crippen molar-refractivity contribution in [3.05, 3.63) is 29.6 Å². The third-order valence-electron chi connectivity index (χ3n) is 4.22. The molecule has 0 heterocycles. The second-order valence-electron chi connectivity index (χ2n) is 6.48. The zero-order chi connectivity index (χ0) is 18.6. The van der Waals surface area contributed by atoms with E-state index in [0.29, 0.717) is 12.5 Å². The minimum Gasteiger partial charge on any atom is -0.354 e. The lowest BCUT2D eigenvalue weighted by atomic mass is 10.1. The van der Waals surface area contributed by atoms with Gasteiger partial charge in [-0.2, -0.15) is 0 Å². The number of rotatable bonds is 7. The third-order valence-corrected chi connectivity index (χ3v) is 4.22. The fourth-order valence-electron chi connectivity index (χ4n) is 2.47. The molecular formula is C18H24FN3O3. The summed E-state index contributed by atoms with van der Waals surface area (Å²) in [6, 6.07) is 2.82. The molecule has 1 aliphatic carbocycles. The maximum absolute atomic E-state index is 13.6. The van der Waals surface area contributed by atoms with Crippen LogP contribution in [0, 0.1) is 17.7 Å². The van der Waals surface area contributed by atoms with E-state index in [1.807, 2.05) is 13.8 Å². The summed E-state index contributed by atoms with van der Waals surface area (Å²) in [4.78, 5) is 36.4. The largest absolute Gasteiger partial charge is 0.354 e. The van der Waals surface area contributed by atoms with Crippen LogP contribution < -0.4 is 16.0 Å². The Morgan fingerprint density at radius 2 is 2.00 bits per heavy atom. The van der Waals surface area contributed by atoms with Crippen LogP contribution in [0.4, 0.5) is 10.1 Å². The van der Waals surface area contributed by atoms with E-state index >= 15 is 0 Å². The second-order valence-corrected chi connectivity index (χ2v) is 6.48. The highest BCUT2D eigenvalue weighted by Crippen LogP contribution is 2.38. The number of hydrogen-bond acceptors (Lipinski definition) is 3. The van der Waals surface area contributed by atoms with Crippen molar-refractivity contribution in [2.75, 3.05) is 11.9 Å². The molecule has 0 aromatic heterocycles. The van der Waals surface area contributed by atoms with Crippen LogP contribution in [0.1, 0.15) is 44.0 Å². The van der Waals surface area contributed by atoms with E-state index in [1.165, 1.54) is 12.1 Å². The van der Waals surface area contributed by atoms with Gasteiger partial charge in [-0.25, -0.2) is 4.39 Å². The molecule has 0 bridgehead atoms. The van der Waals surface area contributed by atoms with E-state index in [0.717, 1.165) is 18.9 Å². The van der Waals surface area contributed by atoms with Gasteiger partial charge in [0.15, 0.2) is 0 Å². The van der Waals surface area contributed by atoms with Crippen LogP contribution in [0.15, 0.2) is 18.2 Å². The Balaban J connectivity index is 2.08. The summed E-state index contributed by atoms with van der Waals surface area (Å²) in [5.41, 5.74) is 0.237. The molecular weight excluding hydrogens is 325 g/mol. The molecule has 0 saturated heterocycles. The highest BCUT2D eigenvalue weighted by molar-refractivity contribution is 6.05. The average Bonchev–Trinajstić information content (AvgIpc) is 3.30. The molecule has 25 heavy (non-hydrogen) atoms. The molecule has 0 unspecified atom stereocenters. The Kier molecular flexibility index (Phi) is 6.12. The van der Waals surface area contributed by atoms with E-state index in [1.54, 1.807) is 6.92 Å². The highest BCUT2D eigenvalue weighted by atomic mass is 19.1. The molecule has 1 aliphatic rings. The topological polar surface area (TPSA) is 87.3 Å². The van der Waals surface area contributed by atoms with Crippen molar-refractivity contribution >= 4 is 23.4 Å². The van der Waals surface area contributed by atoms with E-state index in [-0.39, 0.29) is 29.0 Å². The molecule has 1 fully saturated rings. The predicted molar refractivity (Wildman–Crippen MR) is 92.5 cm³/mol. The zero-order valence-electron chi connectivity index (χ0n) is 14.7. The number of nitrogens with one attached hydrogen (secondary N) is 3. The normalized spacial score (nSPS) is 19.7. The van der Waals surface area contributed by atoms with Gasteiger partial charge in [-0.3, -0.25) is 14.4 Å². The van der Waals surface area contributed by atoms with Gasteiger partial charge in [-0.05, 0) is 43.9 Å². The molecule has 3 atom stereocenters. The van der Waals surface area contributed by atoms with Crippen LogP contribution in [0.3, 0.4) is 0 Å². The van der Waals surface area contributed by atoms with Crippen LogP contribution >= 0.6 is 0 Å². The SMILES string of the molecule is CCCNC(=O)[C@H](C)NC(=O)c1cc(F)ccc1NC(=O)[C@@H]1C[C@H]1C. The van der Waals surface area contributed by atoms with Crippen LogP contribution in [0.2, 0.25) is 0 Å². The minimum absolute atomic E-state index is 0.00297. The minimum atomic E-state index is -0.769. The van der Waals surface area contributed by atoms with Gasteiger partial charge in [-0.1, -0.05) is 13.8 Å². The fraction of sp³-hybridized carbons (Fsp3) is 0.500. The zero-order valence-corrected chi connectivity index (χ0v) is 14.7. The first-order chi connectivity index (χ1) is 11.8. The van der Waals surface area contributed by atoms with Gasteiger partial charge in [0.2, 0.25) is 11.8 Å². The van der Waals surface area contributed by atoms with Crippen molar-refractivity contribution < 1.29 is 18.8 Å². The molecule has 3 N–H and O–H groups in total. The van der Waals surface area contributed by atoms with Crippen LogP contribution in [0.5, 0.6) is 0 Å². The Morgan fingerprint density at radius 3 is 2.60 bits per heavy atom. The van der Waals surface area contributed by atoms with Crippen molar-refractivity contribution in [1.29, 1.82) is 0 Å². The molecule has 1 aromatic rings. The monoisotopic (exact) mass is 349 g/mol. The average molecular weight is 349 g/mol. The maximum atomic E-state index is 13.6. The van der Waals surface area contributed by atoms with Crippen molar-refractivity contribution in [1.82, 2.24) is 10.6 Å². The maximum Gasteiger partial charge on any atom is 0.254 e. The Labute approximate surface area is 146 Å². The number of benzene rings is 1. The smallest absolute Gasteiger partial charge is 0.254 e. The lowest BCUT2D eigenvalue weighted by Gasteiger charge is -2.16. The fourth-order valence-corrected chi connectivity index (χ4v) is 2.47. The number of halogens is 1. The molecule has 1 saturated carbocycles. The predicted octanol–water partition coefficient (Wildman–Crippen LogP) is 2.06. The van der Waals surface area contributed by atoms with E-state index in [2.05, 4.69) is 16.0 Å². The quantitative estimate of drug-likeness (QED) is 0.704. The first-order valence-corrected chi connectivity index (χ1v) is 8.52. The van der Waals surface area contributed by atoms with Crippen molar-refractivity contribution in [3.63, 3.8) is 0 Å². The molecule has 2 rings (SSSR count). The number of carbonyl (C=O) groups excluding carboxylic acids is 3. The van der Waals surface area contributed by atoms with Gasteiger partial charge < -0.3 is 16.0 Å². The Bertz CT molecular complexity index is 678. The Morgan fingerprint density at radius 1 is 1.32 bits per heavy atom. The van der Waals surface area contributed by atoms with Crippen LogP contribution in [0.25, 0.3) is 0 Å². The first-order valence-electron chi connectivity index (χ1n) is 8.52. The lowest BCUT2D eigenvalue weighted by Crippen LogP contribution is -2.45. The molecule has 7 heteroatoms. The molecule has 0 spiro atoms. The molecule has 3 amide bonds. The van der Waals surface area contributed by atoms with Gasteiger partial charge in [0.25, 0.3) is 5.91 Å². The van der Waals surface area contributed by atoms with Crippen LogP contribution in [-0.4, -0.2) is 30.3 Å².